The Kier molecular flexibility index (Phi) is 4.77. The van der Waals surface area contributed by atoms with Gasteiger partial charge in [0.1, 0.15) is 11.0 Å². The van der Waals surface area contributed by atoms with Crippen LogP contribution in [0.3, 0.4) is 0 Å². The van der Waals surface area contributed by atoms with E-state index in [4.69, 9.17) is 0 Å². The minimum Gasteiger partial charge on any atom is -0.352 e. The van der Waals surface area contributed by atoms with Gasteiger partial charge < -0.3 is 14.9 Å². The molecular weight excluding hydrogens is 403 g/mol. The van der Waals surface area contributed by atoms with Gasteiger partial charge in [0.2, 0.25) is 0 Å². The van der Waals surface area contributed by atoms with Crippen molar-refractivity contribution in [3.8, 4) is 11.3 Å². The molecule has 2 N–H and O–H groups in total. The number of H-pyrrole nitrogens is 2. The topological polar surface area (TPSA) is 72.2 Å². The number of piperazine rings is 1. The Morgan fingerprint density at radius 1 is 0.967 bits per heavy atom. The van der Waals surface area contributed by atoms with Crippen LogP contribution in [0.25, 0.3) is 33.1 Å². The second-order valence-electron chi connectivity index (χ2n) is 7.60. The minimum atomic E-state index is -1.31. The van der Waals surface area contributed by atoms with Gasteiger partial charge in [-0.05, 0) is 42.8 Å². The van der Waals surface area contributed by atoms with Gasteiger partial charge in [-0.15, -0.1) is 0 Å². The van der Waals surface area contributed by atoms with Gasteiger partial charge in [0, 0.05) is 37.1 Å². The zero-order valence-corrected chi connectivity index (χ0v) is 17.3. The van der Waals surface area contributed by atoms with Crippen LogP contribution in [0.4, 0.5) is 4.39 Å². The maximum Gasteiger partial charge on any atom is 0.257 e. The Balaban J connectivity index is 1.55. The van der Waals surface area contributed by atoms with E-state index < -0.39 is 16.8 Å². The molecule has 0 aliphatic carbocycles. The quantitative estimate of drug-likeness (QED) is 0.531. The Bertz CT molecular complexity index is 1340. The molecule has 0 radical (unpaired) electrons. The smallest absolute Gasteiger partial charge is 0.257 e. The summed E-state index contributed by atoms with van der Waals surface area (Å²) < 4.78 is 30.0. The number of nitrogens with zero attached hydrogens (tertiary/aromatic N) is 2. The molecule has 3 heterocycles. The van der Waals surface area contributed by atoms with Crippen molar-refractivity contribution >= 4 is 32.8 Å². The van der Waals surface area contributed by atoms with E-state index in [1.165, 1.54) is 0 Å². The molecule has 2 aromatic carbocycles. The second-order valence-corrected chi connectivity index (χ2v) is 9.09. The molecule has 8 heteroatoms. The fraction of sp³-hybridized carbons (Fsp3) is 0.227. The molecular formula is C22H21FN4O2S. The predicted octanol–water partition coefficient (Wildman–Crippen LogP) is 3.09. The molecule has 0 spiro atoms. The lowest BCUT2D eigenvalue weighted by Gasteiger charge is -2.31. The molecule has 0 bridgehead atoms. The summed E-state index contributed by atoms with van der Waals surface area (Å²) >= 11 is 0. The summed E-state index contributed by atoms with van der Waals surface area (Å²) in [4.78, 5) is 21.2. The van der Waals surface area contributed by atoms with Crippen LogP contribution in [-0.2, 0) is 11.0 Å². The largest absolute Gasteiger partial charge is 0.352 e. The van der Waals surface area contributed by atoms with E-state index in [1.54, 1.807) is 24.3 Å². The third-order valence-corrected chi connectivity index (χ3v) is 7.12. The zero-order chi connectivity index (χ0) is 20.8. The number of hydrogen-bond donors (Lipinski definition) is 2. The van der Waals surface area contributed by atoms with Crippen molar-refractivity contribution in [1.82, 2.24) is 19.2 Å². The Labute approximate surface area is 174 Å². The lowest BCUT2D eigenvalue weighted by atomic mass is 10.1. The van der Waals surface area contributed by atoms with Crippen LogP contribution in [0.5, 0.6) is 0 Å². The third-order valence-electron chi connectivity index (χ3n) is 5.63. The van der Waals surface area contributed by atoms with Crippen LogP contribution in [0.15, 0.2) is 58.2 Å². The zero-order valence-electron chi connectivity index (χ0n) is 16.4. The lowest BCUT2D eigenvalue weighted by Crippen LogP contribution is -2.45. The fourth-order valence-electron chi connectivity index (χ4n) is 3.87. The molecule has 1 saturated heterocycles. The number of likely N-dealkylation sites (N-methyl/N-ethyl adjacent to an activating group) is 1. The van der Waals surface area contributed by atoms with Crippen LogP contribution in [0.2, 0.25) is 0 Å². The van der Waals surface area contributed by atoms with Gasteiger partial charge in [-0.25, -0.2) is 12.9 Å². The Morgan fingerprint density at radius 3 is 2.53 bits per heavy atom. The van der Waals surface area contributed by atoms with Gasteiger partial charge in [-0.3, -0.25) is 4.79 Å². The van der Waals surface area contributed by atoms with Crippen molar-refractivity contribution in [2.45, 2.75) is 4.90 Å². The van der Waals surface area contributed by atoms with Gasteiger partial charge in [0.05, 0.1) is 21.7 Å². The first kappa shape index (κ1) is 19.2. The highest BCUT2D eigenvalue weighted by atomic mass is 32.2. The molecule has 5 rings (SSSR count). The van der Waals surface area contributed by atoms with Crippen LogP contribution >= 0.6 is 0 Å². The average molecular weight is 425 g/mol. The van der Waals surface area contributed by atoms with Gasteiger partial charge in [-0.2, -0.15) is 0 Å². The number of fused-ring (bicyclic) bond motifs is 2. The van der Waals surface area contributed by atoms with Crippen LogP contribution in [0, 0.1) is 5.82 Å². The third kappa shape index (κ3) is 3.27. The predicted molar refractivity (Wildman–Crippen MR) is 117 cm³/mol. The van der Waals surface area contributed by atoms with E-state index in [0.29, 0.717) is 21.3 Å². The summed E-state index contributed by atoms with van der Waals surface area (Å²) in [7, 11) is 0.736. The number of benzene rings is 2. The maximum absolute atomic E-state index is 15.1. The van der Waals surface area contributed by atoms with Crippen molar-refractivity contribution in [3.05, 3.63) is 64.7 Å². The summed E-state index contributed by atoms with van der Waals surface area (Å²) in [6.45, 7) is 3.16. The molecule has 6 nitrogen and oxygen atoms in total. The minimum absolute atomic E-state index is 0.138. The standard InChI is InChI=1S/C22H21FN4O2S/c1-26-8-10-27(11-9-26)30(29)15-6-7-16-19(13-15)24-21(20(16)23)17-12-14-4-2-3-5-18(14)25-22(17)28/h2-7,12-13,24H,8-11H2,1H3,(H,25,28). The summed E-state index contributed by atoms with van der Waals surface area (Å²) in [6.07, 6.45) is 0. The van der Waals surface area contributed by atoms with E-state index in [9.17, 15) is 9.00 Å². The van der Waals surface area contributed by atoms with E-state index in [2.05, 4.69) is 14.9 Å². The Morgan fingerprint density at radius 2 is 1.73 bits per heavy atom. The molecule has 1 aliphatic rings. The molecule has 154 valence electrons. The molecule has 1 aliphatic heterocycles. The van der Waals surface area contributed by atoms with Crippen LogP contribution in [0.1, 0.15) is 0 Å². The fourth-order valence-corrected chi connectivity index (χ4v) is 5.07. The van der Waals surface area contributed by atoms with E-state index in [-0.39, 0.29) is 16.8 Å². The molecule has 0 amide bonds. The number of aromatic amines is 2. The number of aromatic nitrogens is 2. The summed E-state index contributed by atoms with van der Waals surface area (Å²) in [5, 5.41) is 1.19. The van der Waals surface area contributed by atoms with Gasteiger partial charge in [0.15, 0.2) is 5.82 Å². The lowest BCUT2D eigenvalue weighted by molar-refractivity contribution is 0.228. The number of hydrogen-bond acceptors (Lipinski definition) is 3. The maximum atomic E-state index is 15.1. The first-order valence-electron chi connectivity index (χ1n) is 9.80. The number of nitrogens with one attached hydrogen (secondary N) is 2. The first-order valence-corrected chi connectivity index (χ1v) is 10.9. The average Bonchev–Trinajstić information content (AvgIpc) is 3.09. The molecule has 4 aromatic rings. The number of para-hydroxylation sites is 1. The molecule has 2 aromatic heterocycles. The monoisotopic (exact) mass is 424 g/mol. The van der Waals surface area contributed by atoms with E-state index >= 15 is 4.39 Å². The molecule has 1 atom stereocenters. The van der Waals surface area contributed by atoms with Crippen LogP contribution < -0.4 is 5.56 Å². The summed E-state index contributed by atoms with van der Waals surface area (Å²) in [6, 6.07) is 14.1. The normalized spacial score (nSPS) is 17.0. The summed E-state index contributed by atoms with van der Waals surface area (Å²) in [5.74, 6) is -0.484. The number of pyridine rings is 1. The van der Waals surface area contributed by atoms with Gasteiger partial charge in [0.25, 0.3) is 5.56 Å². The molecule has 1 unspecified atom stereocenters. The number of rotatable bonds is 3. The Hall–Kier alpha value is -2.81. The van der Waals surface area contributed by atoms with Crippen molar-refractivity contribution in [3.63, 3.8) is 0 Å². The molecule has 1 fully saturated rings. The van der Waals surface area contributed by atoms with Crippen LogP contribution in [-0.4, -0.2) is 56.6 Å². The second kappa shape index (κ2) is 7.46. The molecule has 0 saturated carbocycles. The van der Waals surface area contributed by atoms with Crippen molar-refractivity contribution in [1.29, 1.82) is 0 Å². The highest BCUT2D eigenvalue weighted by Crippen LogP contribution is 2.30. The van der Waals surface area contributed by atoms with Crippen molar-refractivity contribution in [2.24, 2.45) is 0 Å². The molecule has 30 heavy (non-hydrogen) atoms. The highest BCUT2D eigenvalue weighted by Gasteiger charge is 2.22. The summed E-state index contributed by atoms with van der Waals surface area (Å²) in [5.41, 5.74) is 1.24. The first-order chi connectivity index (χ1) is 14.5. The SMILES string of the molecule is CN1CCN(S(=O)c2ccc3c(F)c(-c4cc5ccccc5[nH]c4=O)[nH]c3c2)CC1. The number of halogens is 1. The highest BCUT2D eigenvalue weighted by molar-refractivity contribution is 7.82. The van der Waals surface area contributed by atoms with Crippen molar-refractivity contribution < 1.29 is 8.60 Å². The van der Waals surface area contributed by atoms with Gasteiger partial charge >= 0.3 is 0 Å². The van der Waals surface area contributed by atoms with E-state index in [1.807, 2.05) is 35.6 Å². The van der Waals surface area contributed by atoms with Crippen molar-refractivity contribution in [2.75, 3.05) is 33.2 Å². The van der Waals surface area contributed by atoms with E-state index in [0.717, 1.165) is 31.6 Å². The van der Waals surface area contributed by atoms with Gasteiger partial charge in [-0.1, -0.05) is 18.2 Å².